The summed E-state index contributed by atoms with van der Waals surface area (Å²) < 4.78 is 0. The van der Waals surface area contributed by atoms with Gasteiger partial charge in [-0.15, -0.1) is 0 Å². The van der Waals surface area contributed by atoms with Crippen LogP contribution < -0.4 is 0 Å². The topological polar surface area (TPSA) is 0 Å². The average molecular weight is 375 g/mol. The Labute approximate surface area is 159 Å². The molecule has 3 rings (SSSR count). The molecule has 3 heterocycles. The normalized spacial score (nSPS) is 27.1. The van der Waals surface area contributed by atoms with E-state index in [9.17, 15) is 0 Å². The molecule has 0 atom stereocenters. The van der Waals surface area contributed by atoms with Crippen LogP contribution in [0.3, 0.4) is 0 Å². The number of rotatable bonds is 2. The first-order valence-corrected chi connectivity index (χ1v) is 10.9. The summed E-state index contributed by atoms with van der Waals surface area (Å²) in [5.41, 5.74) is 0.351. The van der Waals surface area contributed by atoms with Gasteiger partial charge in [0.15, 0.2) is 0 Å². The van der Waals surface area contributed by atoms with Crippen molar-refractivity contribution in [2.45, 2.75) is 41.5 Å². The zero-order valence-corrected chi connectivity index (χ0v) is 17.8. The highest BCUT2D eigenvalue weighted by Crippen LogP contribution is 2.52. The third-order valence-corrected chi connectivity index (χ3v) is 7.20. The first-order valence-electron chi connectivity index (χ1n) is 8.34. The van der Waals surface area contributed by atoms with Gasteiger partial charge in [0.2, 0.25) is 0 Å². The minimum atomic E-state index is 0.0787. The van der Waals surface area contributed by atoms with E-state index >= 15 is 0 Å². The van der Waals surface area contributed by atoms with Crippen molar-refractivity contribution in [3.8, 4) is 0 Å². The van der Waals surface area contributed by atoms with Crippen LogP contribution in [0.2, 0.25) is 0 Å². The summed E-state index contributed by atoms with van der Waals surface area (Å²) >= 11 is 5.61. The van der Waals surface area contributed by atoms with Gasteiger partial charge in [-0.2, -0.15) is 0 Å². The molecule has 0 amide bonds. The molecule has 0 unspecified atom stereocenters. The summed E-state index contributed by atoms with van der Waals surface area (Å²) in [4.78, 5) is 5.58. The molecule has 0 saturated carbocycles. The molecule has 0 fully saturated rings. The average Bonchev–Trinajstić information content (AvgIpc) is 2.43. The van der Waals surface area contributed by atoms with E-state index in [0.29, 0.717) is 0 Å². The fourth-order valence-electron chi connectivity index (χ4n) is 2.80. The van der Waals surface area contributed by atoms with E-state index in [1.54, 1.807) is 0 Å². The van der Waals surface area contributed by atoms with Crippen molar-refractivity contribution in [1.82, 2.24) is 0 Å². The second-order valence-corrected chi connectivity index (χ2v) is 11.4. The van der Waals surface area contributed by atoms with Gasteiger partial charge >= 0.3 is 0 Å². The minimum Gasteiger partial charge on any atom is -0.0975 e. The van der Waals surface area contributed by atoms with Gasteiger partial charge in [0.1, 0.15) is 0 Å². The Kier molecular flexibility index (Phi) is 4.83. The Balaban J connectivity index is 1.92. The fourth-order valence-corrected chi connectivity index (χ4v) is 6.85. The Morgan fingerprint density at radius 3 is 1.29 bits per heavy atom. The Morgan fingerprint density at radius 1 is 0.542 bits per heavy atom. The van der Waals surface area contributed by atoms with Crippen molar-refractivity contribution in [2.75, 3.05) is 0 Å². The Hall–Kier alpha value is -0.510. The number of hydrogen-bond donors (Lipinski definition) is 0. The first kappa shape index (κ1) is 18.3. The highest BCUT2D eigenvalue weighted by atomic mass is 32.2. The van der Waals surface area contributed by atoms with E-state index in [1.165, 1.54) is 19.6 Å². The van der Waals surface area contributed by atoms with Crippen LogP contribution >= 0.6 is 35.3 Å². The van der Waals surface area contributed by atoms with E-state index in [4.69, 9.17) is 0 Å². The summed E-state index contributed by atoms with van der Waals surface area (Å²) in [6, 6.07) is 0. The summed E-state index contributed by atoms with van der Waals surface area (Å²) in [6.45, 7) is 13.7. The zero-order valence-electron chi connectivity index (χ0n) is 15.3. The van der Waals surface area contributed by atoms with E-state index < -0.39 is 0 Å². The molecular formula is C21H26S3. The minimum absolute atomic E-state index is 0.0787. The molecule has 24 heavy (non-hydrogen) atoms. The highest BCUT2D eigenvalue weighted by Gasteiger charge is 2.28. The molecule has 0 aromatic rings. The van der Waals surface area contributed by atoms with E-state index in [1.807, 2.05) is 35.3 Å². The van der Waals surface area contributed by atoms with Crippen LogP contribution in [0.4, 0.5) is 0 Å². The molecule has 0 aliphatic carbocycles. The zero-order chi connectivity index (χ0) is 17.6. The van der Waals surface area contributed by atoms with E-state index in [0.717, 1.165) is 0 Å². The summed E-state index contributed by atoms with van der Waals surface area (Å²) in [6.07, 6.45) is 14.2. The molecule has 0 nitrogen and oxygen atoms in total. The predicted molar refractivity (Wildman–Crippen MR) is 115 cm³/mol. The molecule has 0 saturated heterocycles. The van der Waals surface area contributed by atoms with Crippen LogP contribution in [-0.2, 0) is 0 Å². The molecular weight excluding hydrogens is 348 g/mol. The van der Waals surface area contributed by atoms with Gasteiger partial charge in [-0.25, -0.2) is 0 Å². The van der Waals surface area contributed by atoms with Gasteiger partial charge in [-0.3, -0.25) is 0 Å². The maximum Gasteiger partial charge on any atom is 0.0227 e. The van der Waals surface area contributed by atoms with Crippen molar-refractivity contribution < 1.29 is 0 Å². The molecule has 0 bridgehead atoms. The second kappa shape index (κ2) is 6.34. The molecule has 3 aliphatic heterocycles. The third kappa shape index (κ3) is 4.36. The van der Waals surface area contributed by atoms with Gasteiger partial charge in [-0.1, -0.05) is 113 Å². The fraction of sp³-hybridized carbons (Fsp3) is 0.429. The Morgan fingerprint density at radius 2 is 0.917 bits per heavy atom. The summed E-state index contributed by atoms with van der Waals surface area (Å²) in [5.74, 6) is 0. The number of thioether (sulfide) groups is 3. The third-order valence-electron chi connectivity index (χ3n) is 4.10. The monoisotopic (exact) mass is 374 g/mol. The van der Waals surface area contributed by atoms with Crippen LogP contribution in [0.15, 0.2) is 66.9 Å². The SMILES string of the molecule is CC1(C)C=CSC(C2=CC(C)(C)C=C(C3=CC(C)(C)C=CS3)S2)=C1. The second-order valence-electron chi connectivity index (χ2n) is 8.44. The smallest absolute Gasteiger partial charge is 0.0227 e. The summed E-state index contributed by atoms with van der Waals surface area (Å²) in [5, 5.41) is 4.48. The van der Waals surface area contributed by atoms with Crippen molar-refractivity contribution in [2.24, 2.45) is 16.2 Å². The van der Waals surface area contributed by atoms with Crippen LogP contribution in [0, 0.1) is 16.2 Å². The lowest BCUT2D eigenvalue weighted by Gasteiger charge is -2.31. The number of hydrogen-bond acceptors (Lipinski definition) is 3. The van der Waals surface area contributed by atoms with Crippen LogP contribution in [0.5, 0.6) is 0 Å². The van der Waals surface area contributed by atoms with Gasteiger partial charge in [0.05, 0.1) is 0 Å². The van der Waals surface area contributed by atoms with E-state index in [-0.39, 0.29) is 16.2 Å². The standard InChI is InChI=1S/C21H26S3/c1-19(2)7-9-22-15(11-19)17-13-21(5,6)14-18(24-17)16-12-20(3,4)8-10-23-16/h7-14H,1-6H3. The van der Waals surface area contributed by atoms with Gasteiger partial charge in [0.25, 0.3) is 0 Å². The molecule has 128 valence electrons. The maximum absolute atomic E-state index is 2.42. The lowest BCUT2D eigenvalue weighted by molar-refractivity contribution is 0.614. The summed E-state index contributed by atoms with van der Waals surface area (Å²) in [7, 11) is 0. The quantitative estimate of drug-likeness (QED) is 0.482. The van der Waals surface area contributed by atoms with Crippen LogP contribution in [-0.4, -0.2) is 0 Å². The Bertz CT molecular complexity index is 662. The van der Waals surface area contributed by atoms with Crippen molar-refractivity contribution in [3.63, 3.8) is 0 Å². The van der Waals surface area contributed by atoms with Crippen molar-refractivity contribution >= 4 is 35.3 Å². The molecule has 0 radical (unpaired) electrons. The molecule has 3 aliphatic rings. The molecule has 0 N–H and O–H groups in total. The maximum atomic E-state index is 2.42. The van der Waals surface area contributed by atoms with Gasteiger partial charge < -0.3 is 0 Å². The number of allylic oxidation sites excluding steroid dienone is 6. The first-order chi connectivity index (χ1) is 11.1. The molecule has 0 spiro atoms. The van der Waals surface area contributed by atoms with E-state index in [2.05, 4.69) is 88.8 Å². The highest BCUT2D eigenvalue weighted by molar-refractivity contribution is 8.13. The molecule has 0 aromatic heterocycles. The van der Waals surface area contributed by atoms with Crippen LogP contribution in [0.25, 0.3) is 0 Å². The van der Waals surface area contributed by atoms with Gasteiger partial charge in [0, 0.05) is 35.9 Å². The van der Waals surface area contributed by atoms with Crippen molar-refractivity contribution in [1.29, 1.82) is 0 Å². The van der Waals surface area contributed by atoms with Gasteiger partial charge in [-0.05, 0) is 10.8 Å². The lowest BCUT2D eigenvalue weighted by Crippen LogP contribution is -2.13. The lowest BCUT2D eigenvalue weighted by atomic mass is 9.89. The van der Waals surface area contributed by atoms with Crippen molar-refractivity contribution in [3.05, 3.63) is 66.9 Å². The van der Waals surface area contributed by atoms with Crippen LogP contribution in [0.1, 0.15) is 41.5 Å². The molecule has 3 heteroatoms. The largest absolute Gasteiger partial charge is 0.0975 e. The predicted octanol–water partition coefficient (Wildman–Crippen LogP) is 7.87. The molecule has 0 aromatic carbocycles.